The molecular formula is C18H17ClN6O3. The zero-order valence-electron chi connectivity index (χ0n) is 15.0. The van der Waals surface area contributed by atoms with Gasteiger partial charge in [-0.25, -0.2) is 4.98 Å². The molecule has 0 bridgehead atoms. The van der Waals surface area contributed by atoms with E-state index in [0.717, 1.165) is 0 Å². The molecule has 0 spiro atoms. The Labute approximate surface area is 165 Å². The van der Waals surface area contributed by atoms with E-state index in [9.17, 15) is 4.79 Å². The minimum absolute atomic E-state index is 0.0893. The molecule has 0 radical (unpaired) electrons. The first-order chi connectivity index (χ1) is 13.6. The molecule has 1 N–H and O–H groups in total. The molecule has 0 atom stereocenters. The molecule has 9 nitrogen and oxygen atoms in total. The fourth-order valence-electron chi connectivity index (χ4n) is 2.95. The minimum Gasteiger partial charge on any atom is -0.495 e. The lowest BCUT2D eigenvalue weighted by Gasteiger charge is -2.36. The van der Waals surface area contributed by atoms with Gasteiger partial charge >= 0.3 is 0 Å². The molecule has 0 aliphatic carbocycles. The quantitative estimate of drug-likeness (QED) is 0.671. The Morgan fingerprint density at radius 2 is 2.25 bits per heavy atom. The average molecular weight is 401 g/mol. The third-order valence-electron chi connectivity index (χ3n) is 4.34. The fraction of sp³-hybridized carbons (Fsp3) is 0.278. The summed E-state index contributed by atoms with van der Waals surface area (Å²) in [5.74, 6) is 1.44. The SMILES string of the molecule is COc1ccc(Cl)cc1NC(=O)CN1CC(c2nc(-c3cnccn3)no2)C1. The van der Waals surface area contributed by atoms with Gasteiger partial charge in [-0.15, -0.1) is 0 Å². The molecule has 28 heavy (non-hydrogen) atoms. The zero-order valence-corrected chi connectivity index (χ0v) is 15.8. The van der Waals surface area contributed by atoms with Crippen LogP contribution in [-0.2, 0) is 4.79 Å². The number of rotatable bonds is 6. The Balaban J connectivity index is 1.31. The van der Waals surface area contributed by atoms with Crippen LogP contribution in [0.15, 0.2) is 41.3 Å². The van der Waals surface area contributed by atoms with Gasteiger partial charge in [0.2, 0.25) is 17.6 Å². The third-order valence-corrected chi connectivity index (χ3v) is 4.58. The Bertz CT molecular complexity index is 974. The first kappa shape index (κ1) is 18.3. The Morgan fingerprint density at radius 3 is 3.00 bits per heavy atom. The van der Waals surface area contributed by atoms with E-state index in [2.05, 4.69) is 25.4 Å². The Kier molecular flexibility index (Phi) is 5.18. The number of carbonyl (C=O) groups is 1. The predicted octanol–water partition coefficient (Wildman–Crippen LogP) is 2.23. The minimum atomic E-state index is -0.148. The molecule has 1 amide bonds. The third kappa shape index (κ3) is 3.95. The number of aromatic nitrogens is 4. The van der Waals surface area contributed by atoms with Gasteiger partial charge in [-0.2, -0.15) is 4.98 Å². The number of ether oxygens (including phenoxy) is 1. The summed E-state index contributed by atoms with van der Waals surface area (Å²) < 4.78 is 10.6. The van der Waals surface area contributed by atoms with Gasteiger partial charge in [0.05, 0.1) is 31.5 Å². The van der Waals surface area contributed by atoms with Gasteiger partial charge in [0, 0.05) is 30.5 Å². The van der Waals surface area contributed by atoms with E-state index in [1.54, 1.807) is 43.9 Å². The summed E-state index contributed by atoms with van der Waals surface area (Å²) >= 11 is 5.99. The molecule has 1 saturated heterocycles. The van der Waals surface area contributed by atoms with Gasteiger partial charge in [0.15, 0.2) is 0 Å². The van der Waals surface area contributed by atoms with E-state index in [1.807, 2.05) is 4.90 Å². The van der Waals surface area contributed by atoms with Crippen molar-refractivity contribution in [2.75, 3.05) is 32.1 Å². The van der Waals surface area contributed by atoms with Crippen molar-refractivity contribution >= 4 is 23.2 Å². The second kappa shape index (κ2) is 7.91. The molecule has 144 valence electrons. The average Bonchev–Trinajstić information content (AvgIpc) is 3.15. The summed E-state index contributed by atoms with van der Waals surface area (Å²) in [7, 11) is 1.54. The van der Waals surface area contributed by atoms with E-state index in [4.69, 9.17) is 20.9 Å². The van der Waals surface area contributed by atoms with Crippen molar-refractivity contribution in [3.63, 3.8) is 0 Å². The van der Waals surface area contributed by atoms with E-state index in [0.29, 0.717) is 47.0 Å². The molecule has 1 fully saturated rings. The number of nitrogens with zero attached hydrogens (tertiary/aromatic N) is 5. The Morgan fingerprint density at radius 1 is 1.39 bits per heavy atom. The van der Waals surface area contributed by atoms with Crippen LogP contribution in [0.2, 0.25) is 5.02 Å². The number of methoxy groups -OCH3 is 1. The van der Waals surface area contributed by atoms with Crippen LogP contribution in [0.25, 0.3) is 11.5 Å². The van der Waals surface area contributed by atoms with E-state index in [-0.39, 0.29) is 18.4 Å². The summed E-state index contributed by atoms with van der Waals surface area (Å²) in [6, 6.07) is 5.07. The summed E-state index contributed by atoms with van der Waals surface area (Å²) in [4.78, 5) is 26.8. The smallest absolute Gasteiger partial charge is 0.238 e. The van der Waals surface area contributed by atoms with E-state index in [1.165, 1.54) is 0 Å². The van der Waals surface area contributed by atoms with Gasteiger partial charge in [-0.05, 0) is 18.2 Å². The maximum absolute atomic E-state index is 12.3. The molecule has 10 heteroatoms. The van der Waals surface area contributed by atoms with Crippen LogP contribution in [0.3, 0.4) is 0 Å². The number of carbonyl (C=O) groups excluding carboxylic acids is 1. The lowest BCUT2D eigenvalue weighted by atomic mass is 10.0. The first-order valence-corrected chi connectivity index (χ1v) is 8.96. The second-order valence-corrected chi connectivity index (χ2v) is 6.77. The number of likely N-dealkylation sites (tertiary alicyclic amines) is 1. The highest BCUT2D eigenvalue weighted by molar-refractivity contribution is 6.31. The highest BCUT2D eigenvalue weighted by Crippen LogP contribution is 2.29. The maximum Gasteiger partial charge on any atom is 0.238 e. The molecule has 3 heterocycles. The van der Waals surface area contributed by atoms with Crippen molar-refractivity contribution in [2.45, 2.75) is 5.92 Å². The summed E-state index contributed by atoms with van der Waals surface area (Å²) in [6.45, 7) is 1.56. The fourth-order valence-corrected chi connectivity index (χ4v) is 3.12. The molecule has 0 unspecified atom stereocenters. The predicted molar refractivity (Wildman–Crippen MR) is 101 cm³/mol. The van der Waals surface area contributed by atoms with Crippen LogP contribution in [0.1, 0.15) is 11.8 Å². The molecule has 4 rings (SSSR count). The van der Waals surface area contributed by atoms with Gasteiger partial charge in [0.25, 0.3) is 0 Å². The van der Waals surface area contributed by atoms with Crippen molar-refractivity contribution in [2.24, 2.45) is 0 Å². The molecule has 2 aromatic heterocycles. The standard InChI is InChI=1S/C18H17ClN6O3/c1-27-15-3-2-12(19)6-13(15)22-16(26)10-25-8-11(9-25)18-23-17(24-28-18)14-7-20-4-5-21-14/h2-7,11H,8-10H2,1H3,(H,22,26). The second-order valence-electron chi connectivity index (χ2n) is 6.33. The van der Waals surface area contributed by atoms with Crippen molar-refractivity contribution < 1.29 is 14.1 Å². The molecule has 1 aromatic carbocycles. The maximum atomic E-state index is 12.3. The Hall–Kier alpha value is -3.04. The van der Waals surface area contributed by atoms with E-state index >= 15 is 0 Å². The number of anilines is 1. The lowest BCUT2D eigenvalue weighted by molar-refractivity contribution is -0.118. The van der Waals surface area contributed by atoms with Crippen molar-refractivity contribution in [3.05, 3.63) is 47.7 Å². The highest BCUT2D eigenvalue weighted by atomic mass is 35.5. The van der Waals surface area contributed by atoms with Crippen LogP contribution in [-0.4, -0.2) is 57.7 Å². The largest absolute Gasteiger partial charge is 0.495 e. The van der Waals surface area contributed by atoms with Gasteiger partial charge in [-0.1, -0.05) is 16.8 Å². The van der Waals surface area contributed by atoms with E-state index < -0.39 is 0 Å². The van der Waals surface area contributed by atoms with Crippen LogP contribution >= 0.6 is 11.6 Å². The monoisotopic (exact) mass is 400 g/mol. The number of halogens is 1. The first-order valence-electron chi connectivity index (χ1n) is 8.58. The van der Waals surface area contributed by atoms with Gasteiger partial charge in [0.1, 0.15) is 11.4 Å². The number of hydrogen-bond donors (Lipinski definition) is 1. The molecular weight excluding hydrogens is 384 g/mol. The van der Waals surface area contributed by atoms with Crippen molar-refractivity contribution in [3.8, 4) is 17.3 Å². The van der Waals surface area contributed by atoms with Crippen molar-refractivity contribution in [1.29, 1.82) is 0 Å². The summed E-state index contributed by atoms with van der Waals surface area (Å²) in [5, 5.41) is 7.29. The number of benzene rings is 1. The van der Waals surface area contributed by atoms with Crippen LogP contribution in [0.5, 0.6) is 5.75 Å². The molecule has 1 aliphatic rings. The molecule has 0 saturated carbocycles. The number of hydrogen-bond acceptors (Lipinski definition) is 8. The van der Waals surface area contributed by atoms with Gasteiger partial charge < -0.3 is 14.6 Å². The van der Waals surface area contributed by atoms with Crippen LogP contribution in [0.4, 0.5) is 5.69 Å². The number of nitrogens with one attached hydrogen (secondary N) is 1. The van der Waals surface area contributed by atoms with Crippen LogP contribution in [0, 0.1) is 0 Å². The highest BCUT2D eigenvalue weighted by Gasteiger charge is 2.33. The number of amides is 1. The summed E-state index contributed by atoms with van der Waals surface area (Å²) in [5.41, 5.74) is 1.10. The van der Waals surface area contributed by atoms with Gasteiger partial charge in [-0.3, -0.25) is 14.7 Å². The van der Waals surface area contributed by atoms with Crippen LogP contribution < -0.4 is 10.1 Å². The lowest BCUT2D eigenvalue weighted by Crippen LogP contribution is -2.48. The molecule has 3 aromatic rings. The van der Waals surface area contributed by atoms with Crippen molar-refractivity contribution in [1.82, 2.24) is 25.0 Å². The summed E-state index contributed by atoms with van der Waals surface area (Å²) in [6.07, 6.45) is 4.73. The topological polar surface area (TPSA) is 106 Å². The molecule has 1 aliphatic heterocycles. The normalized spacial score (nSPS) is 14.5. The zero-order chi connectivity index (χ0) is 19.5.